The number of nitrogens with two attached hydrogens (primary N) is 1. The number of anilines is 1. The van der Waals surface area contributed by atoms with Crippen molar-refractivity contribution < 1.29 is 4.79 Å². The monoisotopic (exact) mass is 279 g/mol. The number of amides is 1. The Hall–Kier alpha value is -1.46. The summed E-state index contributed by atoms with van der Waals surface area (Å²) in [4.78, 5) is 14.3. The van der Waals surface area contributed by atoms with Crippen LogP contribution in [0.4, 0.5) is 5.69 Å². The maximum absolute atomic E-state index is 12.0. The van der Waals surface area contributed by atoms with Crippen molar-refractivity contribution in [2.75, 3.05) is 18.4 Å². The molecule has 4 nitrogen and oxygen atoms in total. The van der Waals surface area contributed by atoms with E-state index in [9.17, 15) is 4.79 Å². The molecule has 1 aromatic carbocycles. The number of rotatable bonds is 6. The molecule has 0 spiro atoms. The molecule has 1 rings (SSSR count). The summed E-state index contributed by atoms with van der Waals surface area (Å²) < 4.78 is 0. The highest BCUT2D eigenvalue weighted by Crippen LogP contribution is 2.09. The third-order valence-corrected chi connectivity index (χ3v) is 2.90. The number of nitrogens with zero attached hydrogens (tertiary/aromatic N) is 1. The summed E-state index contributed by atoms with van der Waals surface area (Å²) in [6.07, 6.45) is 0. The predicted molar refractivity (Wildman–Crippen MR) is 83.3 cm³/mol. The van der Waals surface area contributed by atoms with Gasteiger partial charge in [-0.3, -0.25) is 9.69 Å². The molecule has 3 N–H and O–H groups in total. The van der Waals surface area contributed by atoms with E-state index in [4.69, 9.17) is 18.0 Å². The largest absolute Gasteiger partial charge is 0.392 e. The van der Waals surface area contributed by atoms with E-state index in [0.29, 0.717) is 11.5 Å². The van der Waals surface area contributed by atoms with Crippen LogP contribution < -0.4 is 11.1 Å². The first-order valence-corrected chi connectivity index (χ1v) is 6.68. The molecule has 0 heterocycles. The van der Waals surface area contributed by atoms with Crippen LogP contribution in [0, 0.1) is 6.92 Å². The molecule has 0 saturated heterocycles. The Balaban J connectivity index is 2.57. The van der Waals surface area contributed by atoms with Gasteiger partial charge in [-0.05, 0) is 32.9 Å². The smallest absolute Gasteiger partial charge is 0.238 e. The molecule has 0 unspecified atom stereocenters. The fraction of sp³-hybridized carbons (Fsp3) is 0.429. The molecule has 104 valence electrons. The highest BCUT2D eigenvalue weighted by molar-refractivity contribution is 7.80. The molecule has 5 heteroatoms. The lowest BCUT2D eigenvalue weighted by Crippen LogP contribution is -2.42. The number of carbonyl (C=O) groups is 1. The van der Waals surface area contributed by atoms with E-state index in [1.807, 2.05) is 49.9 Å². The van der Waals surface area contributed by atoms with E-state index in [1.54, 1.807) is 0 Å². The highest BCUT2D eigenvalue weighted by Gasteiger charge is 2.14. The van der Waals surface area contributed by atoms with E-state index in [-0.39, 0.29) is 18.5 Å². The summed E-state index contributed by atoms with van der Waals surface area (Å²) in [7, 11) is 0. The van der Waals surface area contributed by atoms with Crippen molar-refractivity contribution >= 4 is 28.8 Å². The Bertz CT molecular complexity index is 443. The van der Waals surface area contributed by atoms with E-state index in [2.05, 4.69) is 5.32 Å². The molecule has 0 aliphatic heterocycles. The Morgan fingerprint density at radius 2 is 1.89 bits per heavy atom. The minimum atomic E-state index is -0.0613. The van der Waals surface area contributed by atoms with Crippen LogP contribution in [0.25, 0.3) is 0 Å². The van der Waals surface area contributed by atoms with E-state index >= 15 is 0 Å². The van der Waals surface area contributed by atoms with Gasteiger partial charge in [0.1, 0.15) is 0 Å². The van der Waals surface area contributed by atoms with Gasteiger partial charge in [-0.2, -0.15) is 0 Å². The van der Waals surface area contributed by atoms with E-state index in [1.165, 1.54) is 0 Å². The third kappa shape index (κ3) is 5.81. The molecule has 0 aromatic heterocycles. The van der Waals surface area contributed by atoms with Gasteiger partial charge < -0.3 is 11.1 Å². The van der Waals surface area contributed by atoms with Crippen molar-refractivity contribution in [3.8, 4) is 0 Å². The number of aryl methyl sites for hydroxylation is 1. The van der Waals surface area contributed by atoms with Crippen molar-refractivity contribution in [1.29, 1.82) is 0 Å². The lowest BCUT2D eigenvalue weighted by molar-refractivity contribution is -0.117. The molecular formula is C14H21N3OS. The van der Waals surface area contributed by atoms with Crippen LogP contribution in [0.15, 0.2) is 24.3 Å². The average molecular weight is 279 g/mol. The lowest BCUT2D eigenvalue weighted by Gasteiger charge is -2.25. The zero-order valence-corrected chi connectivity index (χ0v) is 12.5. The second-order valence-corrected chi connectivity index (χ2v) is 5.40. The van der Waals surface area contributed by atoms with Crippen molar-refractivity contribution in [3.63, 3.8) is 0 Å². The molecule has 1 amide bonds. The lowest BCUT2D eigenvalue weighted by atomic mass is 10.2. The van der Waals surface area contributed by atoms with Gasteiger partial charge in [-0.15, -0.1) is 0 Å². The standard InChI is InChI=1S/C14H21N3OS/c1-10(2)17(8-13(15)19)9-14(18)16-12-6-4-11(3)5-7-12/h4-7,10H,8-9H2,1-3H3,(H2,15,19)(H,16,18). The molecule has 0 radical (unpaired) electrons. The fourth-order valence-electron chi connectivity index (χ4n) is 1.64. The van der Waals surface area contributed by atoms with Crippen LogP contribution in [-0.2, 0) is 4.79 Å². The Morgan fingerprint density at radius 3 is 2.37 bits per heavy atom. The average Bonchev–Trinajstić information content (AvgIpc) is 2.30. The van der Waals surface area contributed by atoms with Crippen LogP contribution in [0.1, 0.15) is 19.4 Å². The molecule has 0 aliphatic carbocycles. The summed E-state index contributed by atoms with van der Waals surface area (Å²) in [5.74, 6) is -0.0613. The van der Waals surface area contributed by atoms with Crippen molar-refractivity contribution in [2.24, 2.45) is 5.73 Å². The molecule has 0 bridgehead atoms. The number of nitrogens with one attached hydrogen (secondary N) is 1. The maximum Gasteiger partial charge on any atom is 0.238 e. The second kappa shape index (κ2) is 7.21. The first-order valence-electron chi connectivity index (χ1n) is 6.27. The topological polar surface area (TPSA) is 58.4 Å². The van der Waals surface area contributed by atoms with E-state index in [0.717, 1.165) is 11.3 Å². The number of carbonyl (C=O) groups excluding carboxylic acids is 1. The highest BCUT2D eigenvalue weighted by atomic mass is 32.1. The van der Waals surface area contributed by atoms with Crippen LogP contribution in [-0.4, -0.2) is 34.9 Å². The van der Waals surface area contributed by atoms with Gasteiger partial charge in [0.15, 0.2) is 0 Å². The van der Waals surface area contributed by atoms with Gasteiger partial charge in [0.2, 0.25) is 5.91 Å². The summed E-state index contributed by atoms with van der Waals surface area (Å²) in [6.45, 7) is 6.76. The summed E-state index contributed by atoms with van der Waals surface area (Å²) in [6, 6.07) is 7.92. The molecule has 1 aromatic rings. The number of thiocarbonyl (C=S) groups is 1. The Kier molecular flexibility index (Phi) is 5.92. The van der Waals surface area contributed by atoms with Crippen LogP contribution in [0.5, 0.6) is 0 Å². The molecule has 0 fully saturated rings. The first kappa shape index (κ1) is 15.6. The summed E-state index contributed by atoms with van der Waals surface area (Å²) >= 11 is 4.89. The Labute approximate surface area is 120 Å². The van der Waals surface area contributed by atoms with Crippen LogP contribution >= 0.6 is 12.2 Å². The van der Waals surface area contributed by atoms with Crippen molar-refractivity contribution in [1.82, 2.24) is 4.90 Å². The van der Waals surface area contributed by atoms with Crippen LogP contribution in [0.3, 0.4) is 0 Å². The quantitative estimate of drug-likeness (QED) is 0.781. The molecule has 19 heavy (non-hydrogen) atoms. The summed E-state index contributed by atoms with van der Waals surface area (Å²) in [5, 5.41) is 2.86. The zero-order valence-electron chi connectivity index (χ0n) is 11.6. The van der Waals surface area contributed by atoms with Gasteiger partial charge in [0.05, 0.1) is 11.5 Å². The molecular weight excluding hydrogens is 258 g/mol. The van der Waals surface area contributed by atoms with Crippen molar-refractivity contribution in [2.45, 2.75) is 26.8 Å². The van der Waals surface area contributed by atoms with Gasteiger partial charge in [0, 0.05) is 18.3 Å². The van der Waals surface area contributed by atoms with Gasteiger partial charge >= 0.3 is 0 Å². The number of hydrogen-bond acceptors (Lipinski definition) is 3. The molecule has 0 aliphatic rings. The van der Waals surface area contributed by atoms with Gasteiger partial charge in [0.25, 0.3) is 0 Å². The normalized spacial score (nSPS) is 10.8. The minimum absolute atomic E-state index is 0.0613. The van der Waals surface area contributed by atoms with Gasteiger partial charge in [-0.1, -0.05) is 29.9 Å². The maximum atomic E-state index is 12.0. The predicted octanol–water partition coefficient (Wildman–Crippen LogP) is 1.93. The zero-order chi connectivity index (χ0) is 14.4. The van der Waals surface area contributed by atoms with Crippen LogP contribution in [0.2, 0.25) is 0 Å². The minimum Gasteiger partial charge on any atom is -0.392 e. The third-order valence-electron chi connectivity index (χ3n) is 2.77. The van der Waals surface area contributed by atoms with Crippen molar-refractivity contribution in [3.05, 3.63) is 29.8 Å². The number of benzene rings is 1. The first-order chi connectivity index (χ1) is 8.88. The molecule has 0 saturated carbocycles. The Morgan fingerprint density at radius 1 is 1.32 bits per heavy atom. The second-order valence-electron chi connectivity index (χ2n) is 4.88. The fourth-order valence-corrected chi connectivity index (χ4v) is 1.81. The summed E-state index contributed by atoms with van der Waals surface area (Å²) in [5.41, 5.74) is 7.50. The van der Waals surface area contributed by atoms with E-state index < -0.39 is 0 Å². The molecule has 0 atom stereocenters. The SMILES string of the molecule is Cc1ccc(NC(=O)CN(CC(N)=S)C(C)C)cc1. The van der Waals surface area contributed by atoms with Gasteiger partial charge in [-0.25, -0.2) is 0 Å². The number of hydrogen-bond donors (Lipinski definition) is 2.